The number of fused-ring (bicyclic) bond motifs is 3. The van der Waals surface area contributed by atoms with E-state index in [9.17, 15) is 0 Å². The maximum atomic E-state index is 5.56. The van der Waals surface area contributed by atoms with Gasteiger partial charge in [0.2, 0.25) is 6.79 Å². The first kappa shape index (κ1) is 12.1. The van der Waals surface area contributed by atoms with Gasteiger partial charge in [0.15, 0.2) is 11.5 Å². The van der Waals surface area contributed by atoms with Crippen molar-refractivity contribution in [3.63, 3.8) is 0 Å². The van der Waals surface area contributed by atoms with Gasteiger partial charge in [-0.1, -0.05) is 19.4 Å². The number of aryl methyl sites for hydroxylation is 1. The zero-order valence-corrected chi connectivity index (χ0v) is 12.5. The number of ether oxygens (including phenoxy) is 2. The fraction of sp³-hybridized carbons (Fsp3) is 0.333. The van der Waals surface area contributed by atoms with E-state index in [-0.39, 0.29) is 0 Å². The second-order valence-electron chi connectivity index (χ2n) is 4.57. The number of benzene rings is 2. The summed E-state index contributed by atoms with van der Waals surface area (Å²) in [4.78, 5) is 0. The molecule has 94 valence electrons. The fourth-order valence-electron chi connectivity index (χ4n) is 2.32. The quantitative estimate of drug-likeness (QED) is 0.755. The van der Waals surface area contributed by atoms with Crippen molar-refractivity contribution in [3.8, 4) is 11.5 Å². The van der Waals surface area contributed by atoms with Gasteiger partial charge in [0.05, 0.1) is 0 Å². The number of hydrogen-bond donors (Lipinski definition) is 0. The molecule has 0 radical (unpaired) electrons. The van der Waals surface area contributed by atoms with E-state index in [0.29, 0.717) is 6.79 Å². The summed E-state index contributed by atoms with van der Waals surface area (Å²) >= 11 is 2.42. The van der Waals surface area contributed by atoms with Crippen LogP contribution >= 0.6 is 22.6 Å². The van der Waals surface area contributed by atoms with Gasteiger partial charge in [0.25, 0.3) is 0 Å². The maximum Gasteiger partial charge on any atom is 0.231 e. The minimum Gasteiger partial charge on any atom is -0.454 e. The lowest BCUT2D eigenvalue weighted by molar-refractivity contribution is 0.175. The Kier molecular flexibility index (Phi) is 3.33. The number of halogens is 1. The molecule has 0 spiro atoms. The van der Waals surface area contributed by atoms with Crippen LogP contribution in [0.5, 0.6) is 11.5 Å². The third kappa shape index (κ3) is 2.05. The molecule has 2 nitrogen and oxygen atoms in total. The molecule has 18 heavy (non-hydrogen) atoms. The Morgan fingerprint density at radius 3 is 2.94 bits per heavy atom. The summed E-state index contributed by atoms with van der Waals surface area (Å²) in [6, 6.07) is 8.62. The molecule has 0 unspecified atom stereocenters. The Labute approximate surface area is 120 Å². The topological polar surface area (TPSA) is 18.5 Å². The monoisotopic (exact) mass is 354 g/mol. The summed E-state index contributed by atoms with van der Waals surface area (Å²) < 4.78 is 12.3. The van der Waals surface area contributed by atoms with Crippen molar-refractivity contribution in [3.05, 3.63) is 33.4 Å². The van der Waals surface area contributed by atoms with Gasteiger partial charge in [0, 0.05) is 8.96 Å². The highest BCUT2D eigenvalue weighted by atomic mass is 127. The smallest absolute Gasteiger partial charge is 0.231 e. The van der Waals surface area contributed by atoms with Crippen LogP contribution in [0, 0.1) is 3.57 Å². The predicted octanol–water partition coefficient (Wildman–Crippen LogP) is 4.52. The lowest BCUT2D eigenvalue weighted by atomic mass is 10.0. The molecule has 2 aromatic carbocycles. The minimum absolute atomic E-state index is 0.336. The molecule has 2 aromatic rings. The van der Waals surface area contributed by atoms with E-state index in [1.807, 2.05) is 6.07 Å². The molecule has 0 amide bonds. The van der Waals surface area contributed by atoms with E-state index in [0.717, 1.165) is 23.3 Å². The van der Waals surface area contributed by atoms with E-state index in [1.165, 1.54) is 27.4 Å². The standard InChI is InChI=1S/C15H15IO2/c1-2-3-4-11-7-10-5-6-14-15(18-9-17-14)12(10)8-13(11)16/h5-8H,2-4,9H2,1H3. The zero-order chi connectivity index (χ0) is 12.5. The van der Waals surface area contributed by atoms with Crippen LogP contribution in [0.2, 0.25) is 0 Å². The third-order valence-corrected chi connectivity index (χ3v) is 4.32. The van der Waals surface area contributed by atoms with E-state index >= 15 is 0 Å². The van der Waals surface area contributed by atoms with Gasteiger partial charge < -0.3 is 9.47 Å². The molecule has 1 aliphatic rings. The van der Waals surface area contributed by atoms with Gasteiger partial charge in [-0.05, 0) is 64.6 Å². The first-order chi connectivity index (χ1) is 8.79. The van der Waals surface area contributed by atoms with Crippen molar-refractivity contribution in [2.75, 3.05) is 6.79 Å². The lowest BCUT2D eigenvalue weighted by Gasteiger charge is -2.08. The van der Waals surface area contributed by atoms with Crippen LogP contribution in [0.4, 0.5) is 0 Å². The second kappa shape index (κ2) is 4.96. The molecule has 0 aliphatic carbocycles. The highest BCUT2D eigenvalue weighted by molar-refractivity contribution is 14.1. The Morgan fingerprint density at radius 2 is 2.11 bits per heavy atom. The van der Waals surface area contributed by atoms with Crippen molar-refractivity contribution in [1.82, 2.24) is 0 Å². The molecule has 0 atom stereocenters. The fourth-order valence-corrected chi connectivity index (χ4v) is 3.06. The number of rotatable bonds is 3. The van der Waals surface area contributed by atoms with Gasteiger partial charge in [-0.3, -0.25) is 0 Å². The summed E-state index contributed by atoms with van der Waals surface area (Å²) in [5.74, 6) is 1.76. The Bertz CT molecular complexity index is 593. The SMILES string of the molecule is CCCCc1cc2ccc3c(c2cc1I)OCO3. The molecule has 1 heterocycles. The van der Waals surface area contributed by atoms with Gasteiger partial charge in [0.1, 0.15) is 0 Å². The molecule has 0 fully saturated rings. The summed E-state index contributed by atoms with van der Waals surface area (Å²) in [5.41, 5.74) is 1.43. The largest absolute Gasteiger partial charge is 0.454 e. The average Bonchev–Trinajstić information content (AvgIpc) is 2.85. The maximum absolute atomic E-state index is 5.56. The molecule has 0 saturated heterocycles. The highest BCUT2D eigenvalue weighted by Crippen LogP contribution is 2.40. The number of unbranched alkanes of at least 4 members (excludes halogenated alkanes) is 1. The van der Waals surface area contributed by atoms with Crippen molar-refractivity contribution in [1.29, 1.82) is 0 Å². The highest BCUT2D eigenvalue weighted by Gasteiger charge is 2.17. The molecule has 0 N–H and O–H groups in total. The van der Waals surface area contributed by atoms with Crippen LogP contribution in [0.25, 0.3) is 10.8 Å². The van der Waals surface area contributed by atoms with Crippen molar-refractivity contribution in [2.24, 2.45) is 0 Å². The lowest BCUT2D eigenvalue weighted by Crippen LogP contribution is -1.93. The first-order valence-corrected chi connectivity index (χ1v) is 7.38. The molecule has 3 rings (SSSR count). The van der Waals surface area contributed by atoms with Gasteiger partial charge in [-0.15, -0.1) is 0 Å². The van der Waals surface area contributed by atoms with Crippen LogP contribution in [-0.4, -0.2) is 6.79 Å². The van der Waals surface area contributed by atoms with Gasteiger partial charge in [-0.25, -0.2) is 0 Å². The summed E-state index contributed by atoms with van der Waals surface area (Å²) in [7, 11) is 0. The predicted molar refractivity (Wildman–Crippen MR) is 81.4 cm³/mol. The molecule has 1 aliphatic heterocycles. The van der Waals surface area contributed by atoms with E-state index < -0.39 is 0 Å². The Morgan fingerprint density at radius 1 is 1.22 bits per heavy atom. The van der Waals surface area contributed by atoms with Gasteiger partial charge in [-0.2, -0.15) is 0 Å². The average molecular weight is 354 g/mol. The molecule has 0 aromatic heterocycles. The van der Waals surface area contributed by atoms with Gasteiger partial charge >= 0.3 is 0 Å². The minimum atomic E-state index is 0.336. The zero-order valence-electron chi connectivity index (χ0n) is 10.3. The van der Waals surface area contributed by atoms with Crippen LogP contribution in [0.15, 0.2) is 24.3 Å². The molecule has 0 saturated carbocycles. The first-order valence-electron chi connectivity index (χ1n) is 6.30. The van der Waals surface area contributed by atoms with Crippen LogP contribution in [0.1, 0.15) is 25.3 Å². The molecule has 3 heteroatoms. The van der Waals surface area contributed by atoms with Crippen molar-refractivity contribution >= 4 is 33.4 Å². The van der Waals surface area contributed by atoms with Crippen LogP contribution in [-0.2, 0) is 6.42 Å². The summed E-state index contributed by atoms with van der Waals surface area (Å²) in [5, 5.41) is 2.40. The van der Waals surface area contributed by atoms with E-state index in [2.05, 4.69) is 47.7 Å². The van der Waals surface area contributed by atoms with Crippen molar-refractivity contribution in [2.45, 2.75) is 26.2 Å². The number of hydrogen-bond acceptors (Lipinski definition) is 2. The van der Waals surface area contributed by atoms with Crippen LogP contribution in [0.3, 0.4) is 0 Å². The Balaban J connectivity index is 2.11. The summed E-state index contributed by atoms with van der Waals surface area (Å²) in [6.07, 6.45) is 3.63. The van der Waals surface area contributed by atoms with Crippen molar-refractivity contribution < 1.29 is 9.47 Å². The van der Waals surface area contributed by atoms with E-state index in [4.69, 9.17) is 9.47 Å². The summed E-state index contributed by atoms with van der Waals surface area (Å²) in [6.45, 7) is 2.56. The third-order valence-electron chi connectivity index (χ3n) is 3.32. The molecular weight excluding hydrogens is 339 g/mol. The Hall–Kier alpha value is -0.970. The second-order valence-corrected chi connectivity index (χ2v) is 5.73. The van der Waals surface area contributed by atoms with E-state index in [1.54, 1.807) is 0 Å². The van der Waals surface area contributed by atoms with Crippen LogP contribution < -0.4 is 9.47 Å². The molecular formula is C15H15IO2. The molecule has 0 bridgehead atoms. The normalized spacial score (nSPS) is 13.2.